The molecular weight excluding hydrogens is 362 g/mol. The number of nitro groups is 1. The van der Waals surface area contributed by atoms with Crippen LogP contribution >= 0.6 is 11.6 Å². The number of non-ortho nitro benzene ring substituents is 1. The van der Waals surface area contributed by atoms with Gasteiger partial charge >= 0.3 is 0 Å². The highest BCUT2D eigenvalue weighted by atomic mass is 35.5. The molecule has 138 valence electrons. The van der Waals surface area contributed by atoms with Crippen LogP contribution in [0.15, 0.2) is 36.4 Å². The van der Waals surface area contributed by atoms with Gasteiger partial charge in [0.25, 0.3) is 5.69 Å². The Morgan fingerprint density at radius 1 is 1.15 bits per heavy atom. The van der Waals surface area contributed by atoms with E-state index in [0.717, 1.165) is 0 Å². The molecule has 0 fully saturated rings. The number of methoxy groups -OCH3 is 2. The van der Waals surface area contributed by atoms with Gasteiger partial charge in [0.05, 0.1) is 35.9 Å². The summed E-state index contributed by atoms with van der Waals surface area (Å²) in [7, 11) is 2.89. The Morgan fingerprint density at radius 3 is 2.42 bits per heavy atom. The van der Waals surface area contributed by atoms with Crippen molar-refractivity contribution < 1.29 is 19.2 Å². The van der Waals surface area contributed by atoms with E-state index in [1.807, 2.05) is 0 Å². The summed E-state index contributed by atoms with van der Waals surface area (Å²) in [4.78, 5) is 22.7. The molecule has 0 aliphatic heterocycles. The van der Waals surface area contributed by atoms with Gasteiger partial charge in [0, 0.05) is 11.8 Å². The number of hydrogen-bond acceptors (Lipinski definition) is 6. The number of amides is 1. The third-order valence-corrected chi connectivity index (χ3v) is 3.88. The van der Waals surface area contributed by atoms with Gasteiger partial charge in [-0.2, -0.15) is 0 Å². The van der Waals surface area contributed by atoms with E-state index in [4.69, 9.17) is 21.1 Å². The van der Waals surface area contributed by atoms with Gasteiger partial charge in [-0.25, -0.2) is 0 Å². The Kier molecular flexibility index (Phi) is 6.24. The maximum absolute atomic E-state index is 12.4. The first-order valence-corrected chi connectivity index (χ1v) is 7.97. The minimum atomic E-state index is -0.598. The van der Waals surface area contributed by atoms with Gasteiger partial charge in [-0.15, -0.1) is 0 Å². The number of hydrogen-bond donors (Lipinski definition) is 2. The quantitative estimate of drug-likeness (QED) is 0.561. The van der Waals surface area contributed by atoms with E-state index in [1.54, 1.807) is 25.1 Å². The van der Waals surface area contributed by atoms with E-state index in [-0.39, 0.29) is 17.3 Å². The van der Waals surface area contributed by atoms with E-state index in [2.05, 4.69) is 10.6 Å². The van der Waals surface area contributed by atoms with Crippen LogP contribution in [0.5, 0.6) is 11.5 Å². The smallest absolute Gasteiger partial charge is 0.273 e. The molecule has 0 heterocycles. The third-order valence-electron chi connectivity index (χ3n) is 3.58. The molecule has 2 aromatic rings. The molecule has 0 aromatic heterocycles. The van der Waals surface area contributed by atoms with E-state index < -0.39 is 11.0 Å². The lowest BCUT2D eigenvalue weighted by molar-refractivity contribution is -0.384. The van der Waals surface area contributed by atoms with Crippen LogP contribution in [-0.4, -0.2) is 31.1 Å². The Labute approximate surface area is 155 Å². The van der Waals surface area contributed by atoms with Crippen LogP contribution in [0.25, 0.3) is 0 Å². The van der Waals surface area contributed by atoms with Gasteiger partial charge < -0.3 is 20.1 Å². The Bertz CT molecular complexity index is 828. The molecule has 0 bridgehead atoms. The molecule has 2 aromatic carbocycles. The first-order chi connectivity index (χ1) is 12.3. The number of nitro benzene ring substituents is 1. The van der Waals surface area contributed by atoms with Crippen LogP contribution in [0.1, 0.15) is 6.92 Å². The zero-order valence-electron chi connectivity index (χ0n) is 14.4. The van der Waals surface area contributed by atoms with Gasteiger partial charge in [0.1, 0.15) is 17.5 Å². The van der Waals surface area contributed by atoms with Crippen LogP contribution in [0.3, 0.4) is 0 Å². The Hall–Kier alpha value is -3.00. The molecule has 0 radical (unpaired) electrons. The highest BCUT2D eigenvalue weighted by Crippen LogP contribution is 2.30. The average Bonchev–Trinajstić information content (AvgIpc) is 2.61. The monoisotopic (exact) mass is 379 g/mol. The van der Waals surface area contributed by atoms with Crippen LogP contribution in [0.4, 0.5) is 17.1 Å². The SMILES string of the molecule is COc1ccc(N[C@@H](C)C(=O)Nc2ccc([N+](=O)[O-])cc2OC)cc1Cl. The lowest BCUT2D eigenvalue weighted by Gasteiger charge is -2.17. The summed E-state index contributed by atoms with van der Waals surface area (Å²) in [6.45, 7) is 1.67. The molecule has 2 rings (SSSR count). The predicted octanol–water partition coefficient (Wildman–Crippen LogP) is 3.70. The van der Waals surface area contributed by atoms with E-state index in [1.165, 1.54) is 32.4 Å². The highest BCUT2D eigenvalue weighted by molar-refractivity contribution is 6.32. The highest BCUT2D eigenvalue weighted by Gasteiger charge is 2.17. The van der Waals surface area contributed by atoms with E-state index >= 15 is 0 Å². The summed E-state index contributed by atoms with van der Waals surface area (Å²) in [6.07, 6.45) is 0. The zero-order valence-corrected chi connectivity index (χ0v) is 15.2. The molecule has 9 heteroatoms. The van der Waals surface area contributed by atoms with Gasteiger partial charge in [-0.3, -0.25) is 14.9 Å². The van der Waals surface area contributed by atoms with E-state index in [0.29, 0.717) is 22.1 Å². The largest absolute Gasteiger partial charge is 0.495 e. The van der Waals surface area contributed by atoms with Crippen molar-refractivity contribution in [2.24, 2.45) is 0 Å². The summed E-state index contributed by atoms with van der Waals surface area (Å²) in [5.41, 5.74) is 0.859. The Morgan fingerprint density at radius 2 is 1.85 bits per heavy atom. The maximum Gasteiger partial charge on any atom is 0.273 e. The molecule has 26 heavy (non-hydrogen) atoms. The number of halogens is 1. The van der Waals surface area contributed by atoms with Crippen molar-refractivity contribution in [3.05, 3.63) is 51.5 Å². The number of anilines is 2. The standard InChI is InChI=1S/C17H18ClN3O5/c1-10(19-11-4-7-15(25-2)13(18)8-11)17(22)20-14-6-5-12(21(23)24)9-16(14)26-3/h4-10,19H,1-3H3,(H,20,22)/t10-/m0/s1. The van der Waals surface area contributed by atoms with Crippen LogP contribution in [0, 0.1) is 10.1 Å². The molecule has 1 atom stereocenters. The molecule has 0 saturated heterocycles. The molecule has 0 aliphatic carbocycles. The molecule has 0 aliphatic rings. The van der Waals surface area contributed by atoms with Crippen LogP contribution in [-0.2, 0) is 4.79 Å². The minimum absolute atomic E-state index is 0.126. The van der Waals surface area contributed by atoms with Gasteiger partial charge in [-0.05, 0) is 31.2 Å². The van der Waals surface area contributed by atoms with Crippen LogP contribution < -0.4 is 20.1 Å². The first kappa shape index (κ1) is 19.3. The number of benzene rings is 2. The maximum atomic E-state index is 12.4. The summed E-state index contributed by atoms with van der Waals surface area (Å²) in [6, 6.07) is 8.44. The van der Waals surface area contributed by atoms with Crippen molar-refractivity contribution in [2.75, 3.05) is 24.9 Å². The second-order valence-electron chi connectivity index (χ2n) is 5.35. The van der Waals surface area contributed by atoms with Crippen molar-refractivity contribution in [1.82, 2.24) is 0 Å². The second kappa shape index (κ2) is 8.39. The van der Waals surface area contributed by atoms with Crippen LogP contribution in [0.2, 0.25) is 5.02 Å². The van der Waals surface area contributed by atoms with Crippen molar-refractivity contribution in [2.45, 2.75) is 13.0 Å². The fraction of sp³-hybridized carbons (Fsp3) is 0.235. The lowest BCUT2D eigenvalue weighted by atomic mass is 10.2. The van der Waals surface area contributed by atoms with Crippen molar-refractivity contribution in [3.63, 3.8) is 0 Å². The van der Waals surface area contributed by atoms with Gasteiger partial charge in [0.2, 0.25) is 5.91 Å². The summed E-state index contributed by atoms with van der Waals surface area (Å²) in [5, 5.41) is 16.9. The number of rotatable bonds is 7. The zero-order chi connectivity index (χ0) is 19.3. The molecule has 0 spiro atoms. The lowest BCUT2D eigenvalue weighted by Crippen LogP contribution is -2.32. The van der Waals surface area contributed by atoms with Gasteiger partial charge in [-0.1, -0.05) is 11.6 Å². The fourth-order valence-corrected chi connectivity index (χ4v) is 2.47. The summed E-state index contributed by atoms with van der Waals surface area (Å²) < 4.78 is 10.2. The molecule has 1 amide bonds. The third kappa shape index (κ3) is 4.54. The average molecular weight is 380 g/mol. The van der Waals surface area contributed by atoms with Crippen molar-refractivity contribution in [3.8, 4) is 11.5 Å². The number of nitrogens with one attached hydrogen (secondary N) is 2. The number of carbonyl (C=O) groups excluding carboxylic acids is 1. The summed E-state index contributed by atoms with van der Waals surface area (Å²) >= 11 is 6.07. The molecular formula is C17H18ClN3O5. The number of ether oxygens (including phenoxy) is 2. The van der Waals surface area contributed by atoms with E-state index in [9.17, 15) is 14.9 Å². The first-order valence-electron chi connectivity index (χ1n) is 7.59. The molecule has 0 saturated carbocycles. The normalized spacial score (nSPS) is 11.4. The second-order valence-corrected chi connectivity index (χ2v) is 5.75. The van der Waals surface area contributed by atoms with Gasteiger partial charge in [0.15, 0.2) is 0 Å². The Balaban J connectivity index is 2.09. The van der Waals surface area contributed by atoms with Crippen molar-refractivity contribution in [1.29, 1.82) is 0 Å². The molecule has 8 nitrogen and oxygen atoms in total. The summed E-state index contributed by atoms with van der Waals surface area (Å²) in [5.74, 6) is 0.390. The fourth-order valence-electron chi connectivity index (χ4n) is 2.21. The number of carbonyl (C=O) groups is 1. The predicted molar refractivity (Wildman–Crippen MR) is 99.4 cm³/mol. The topological polar surface area (TPSA) is 103 Å². The van der Waals surface area contributed by atoms with Crippen molar-refractivity contribution >= 4 is 34.6 Å². The molecule has 0 unspecified atom stereocenters. The molecule has 2 N–H and O–H groups in total. The minimum Gasteiger partial charge on any atom is -0.495 e. The number of nitrogens with zero attached hydrogens (tertiary/aromatic N) is 1.